The van der Waals surface area contributed by atoms with Gasteiger partial charge in [-0.3, -0.25) is 14.6 Å². The fourth-order valence-corrected chi connectivity index (χ4v) is 3.25. The molecule has 1 saturated carbocycles. The van der Waals surface area contributed by atoms with E-state index in [1.807, 2.05) is 29.7 Å². The van der Waals surface area contributed by atoms with E-state index in [0.29, 0.717) is 31.3 Å². The molecule has 3 heterocycles. The van der Waals surface area contributed by atoms with E-state index < -0.39 is 0 Å². The summed E-state index contributed by atoms with van der Waals surface area (Å²) >= 11 is 0. The maximum atomic E-state index is 12.2. The third kappa shape index (κ3) is 3.43. The van der Waals surface area contributed by atoms with E-state index in [1.54, 1.807) is 23.4 Å². The third-order valence-corrected chi connectivity index (χ3v) is 4.73. The van der Waals surface area contributed by atoms with Gasteiger partial charge in [0.25, 0.3) is 5.56 Å². The van der Waals surface area contributed by atoms with Gasteiger partial charge in [-0.2, -0.15) is 0 Å². The summed E-state index contributed by atoms with van der Waals surface area (Å²) < 4.78 is 7.72. The summed E-state index contributed by atoms with van der Waals surface area (Å²) in [6.07, 6.45) is 5.88. The predicted octanol–water partition coefficient (Wildman–Crippen LogP) is 1.72. The molecule has 1 saturated heterocycles. The molecule has 130 valence electrons. The van der Waals surface area contributed by atoms with Gasteiger partial charge in [-0.05, 0) is 37.5 Å². The van der Waals surface area contributed by atoms with E-state index in [9.17, 15) is 9.59 Å². The number of rotatable bonds is 5. The monoisotopic (exact) mass is 339 g/mol. The van der Waals surface area contributed by atoms with Gasteiger partial charge < -0.3 is 14.2 Å². The zero-order chi connectivity index (χ0) is 17.4. The second-order valence-electron chi connectivity index (χ2n) is 6.85. The Kier molecular flexibility index (Phi) is 4.03. The summed E-state index contributed by atoms with van der Waals surface area (Å²) in [6, 6.07) is 7.57. The second kappa shape index (κ2) is 6.35. The van der Waals surface area contributed by atoms with Crippen LogP contribution in [-0.4, -0.2) is 39.6 Å². The molecule has 0 spiro atoms. The summed E-state index contributed by atoms with van der Waals surface area (Å²) in [5.74, 6) is 0.678. The topological polar surface area (TPSA) is 64.4 Å². The van der Waals surface area contributed by atoms with Gasteiger partial charge in [0, 0.05) is 30.2 Å². The molecule has 0 unspecified atom stereocenters. The molecule has 2 aliphatic rings. The van der Waals surface area contributed by atoms with E-state index >= 15 is 0 Å². The molecule has 4 rings (SSSR count). The number of pyridine rings is 2. The Morgan fingerprint density at radius 3 is 2.76 bits per heavy atom. The number of carbonyl (C=O) groups is 1. The molecule has 25 heavy (non-hydrogen) atoms. The van der Waals surface area contributed by atoms with Gasteiger partial charge in [-0.15, -0.1) is 0 Å². The van der Waals surface area contributed by atoms with Gasteiger partial charge in [0.15, 0.2) is 0 Å². The Hall–Kier alpha value is -2.63. The van der Waals surface area contributed by atoms with Crippen LogP contribution in [0.2, 0.25) is 0 Å². The van der Waals surface area contributed by atoms with Crippen LogP contribution in [0.4, 0.5) is 0 Å². The Morgan fingerprint density at radius 2 is 2.12 bits per heavy atom. The lowest BCUT2D eigenvalue weighted by Gasteiger charge is -2.39. The number of hydrogen-bond acceptors (Lipinski definition) is 4. The Labute approximate surface area is 146 Å². The summed E-state index contributed by atoms with van der Waals surface area (Å²) in [5.41, 5.74) is 1.85. The van der Waals surface area contributed by atoms with Crippen molar-refractivity contribution in [3.63, 3.8) is 0 Å². The van der Waals surface area contributed by atoms with Crippen molar-refractivity contribution in [3.8, 4) is 5.75 Å². The van der Waals surface area contributed by atoms with Crippen LogP contribution < -0.4 is 10.3 Å². The fraction of sp³-hybridized carbons (Fsp3) is 0.421. The van der Waals surface area contributed by atoms with E-state index in [-0.39, 0.29) is 17.6 Å². The van der Waals surface area contributed by atoms with Crippen molar-refractivity contribution in [1.29, 1.82) is 0 Å². The van der Waals surface area contributed by atoms with E-state index in [2.05, 4.69) is 4.98 Å². The van der Waals surface area contributed by atoms with Crippen LogP contribution in [-0.2, 0) is 11.2 Å². The molecule has 1 aliphatic carbocycles. The number of ether oxygens (including phenoxy) is 1. The number of hydrogen-bond donors (Lipinski definition) is 0. The van der Waals surface area contributed by atoms with Crippen molar-refractivity contribution < 1.29 is 9.53 Å². The van der Waals surface area contributed by atoms with Crippen LogP contribution in [0.15, 0.2) is 41.5 Å². The molecular weight excluding hydrogens is 318 g/mol. The minimum Gasteiger partial charge on any atom is -0.486 e. The summed E-state index contributed by atoms with van der Waals surface area (Å²) in [7, 11) is 0. The summed E-state index contributed by atoms with van der Waals surface area (Å²) in [6.45, 7) is 3.06. The zero-order valence-corrected chi connectivity index (χ0v) is 14.2. The maximum absolute atomic E-state index is 12.2. The van der Waals surface area contributed by atoms with Gasteiger partial charge in [0.2, 0.25) is 5.91 Å². The van der Waals surface area contributed by atoms with Crippen molar-refractivity contribution in [3.05, 3.63) is 58.3 Å². The highest BCUT2D eigenvalue weighted by atomic mass is 16.5. The lowest BCUT2D eigenvalue weighted by molar-refractivity contribution is -0.139. The highest BCUT2D eigenvalue weighted by Gasteiger charge is 2.32. The van der Waals surface area contributed by atoms with Crippen LogP contribution >= 0.6 is 0 Å². The molecule has 6 heteroatoms. The molecule has 6 nitrogen and oxygen atoms in total. The van der Waals surface area contributed by atoms with Crippen LogP contribution in [0.1, 0.15) is 30.1 Å². The van der Waals surface area contributed by atoms with Gasteiger partial charge in [-0.1, -0.05) is 6.07 Å². The van der Waals surface area contributed by atoms with Crippen molar-refractivity contribution in [1.82, 2.24) is 14.5 Å². The molecule has 0 N–H and O–H groups in total. The number of aryl methyl sites for hydroxylation is 1. The molecular formula is C19H21N3O3. The molecule has 2 aromatic rings. The number of likely N-dealkylation sites (tertiary alicyclic amines) is 1. The molecule has 1 amide bonds. The lowest BCUT2D eigenvalue weighted by Crippen LogP contribution is -2.56. The normalized spacial score (nSPS) is 17.2. The van der Waals surface area contributed by atoms with Gasteiger partial charge in [-0.25, -0.2) is 0 Å². The summed E-state index contributed by atoms with van der Waals surface area (Å²) in [4.78, 5) is 30.2. The average Bonchev–Trinajstić information content (AvgIpc) is 3.35. The van der Waals surface area contributed by atoms with Gasteiger partial charge >= 0.3 is 0 Å². The highest BCUT2D eigenvalue weighted by molar-refractivity contribution is 5.79. The van der Waals surface area contributed by atoms with Crippen LogP contribution in [0, 0.1) is 6.92 Å². The van der Waals surface area contributed by atoms with Gasteiger partial charge in [0.05, 0.1) is 19.5 Å². The molecule has 0 radical (unpaired) electrons. The lowest BCUT2D eigenvalue weighted by atomic mass is 10.1. The first-order valence-electron chi connectivity index (χ1n) is 8.66. The molecule has 2 fully saturated rings. The maximum Gasteiger partial charge on any atom is 0.254 e. The third-order valence-electron chi connectivity index (χ3n) is 4.73. The quantitative estimate of drug-likeness (QED) is 0.832. The first-order valence-corrected chi connectivity index (χ1v) is 8.66. The minimum atomic E-state index is -0.0478. The van der Waals surface area contributed by atoms with E-state index in [4.69, 9.17) is 4.74 Å². The number of aromatic nitrogens is 2. The smallest absolute Gasteiger partial charge is 0.254 e. The van der Waals surface area contributed by atoms with E-state index in [1.165, 1.54) is 0 Å². The first kappa shape index (κ1) is 15.9. The Bertz CT molecular complexity index is 837. The van der Waals surface area contributed by atoms with Crippen molar-refractivity contribution in [2.45, 2.75) is 38.3 Å². The summed E-state index contributed by atoms with van der Waals surface area (Å²) in [5, 5.41) is 0. The van der Waals surface area contributed by atoms with Crippen molar-refractivity contribution >= 4 is 5.91 Å². The SMILES string of the molecule is Cc1cc(OC2CN(C(=O)Cc3cccnc3)C2)cc(=O)n1C1CC1. The average molecular weight is 339 g/mol. The fourth-order valence-electron chi connectivity index (χ4n) is 3.25. The molecule has 1 aliphatic heterocycles. The number of amides is 1. The molecule has 0 aromatic carbocycles. The number of carbonyl (C=O) groups excluding carboxylic acids is 1. The van der Waals surface area contributed by atoms with Gasteiger partial charge in [0.1, 0.15) is 11.9 Å². The molecule has 0 bridgehead atoms. The Morgan fingerprint density at radius 1 is 1.32 bits per heavy atom. The van der Waals surface area contributed by atoms with Crippen LogP contribution in [0.25, 0.3) is 0 Å². The number of nitrogens with zero attached hydrogens (tertiary/aromatic N) is 3. The van der Waals surface area contributed by atoms with Crippen molar-refractivity contribution in [2.75, 3.05) is 13.1 Å². The standard InChI is InChI=1S/C19H21N3O3/c1-13-7-16(9-19(24)22(13)15-4-5-15)25-17-11-21(12-17)18(23)8-14-3-2-6-20-10-14/h2-3,6-7,9-10,15,17H,4-5,8,11-12H2,1H3. The zero-order valence-electron chi connectivity index (χ0n) is 14.2. The largest absolute Gasteiger partial charge is 0.486 e. The van der Waals surface area contributed by atoms with Crippen LogP contribution in [0.3, 0.4) is 0 Å². The van der Waals surface area contributed by atoms with Crippen LogP contribution in [0.5, 0.6) is 5.75 Å². The molecule has 0 atom stereocenters. The highest BCUT2D eigenvalue weighted by Crippen LogP contribution is 2.35. The van der Waals surface area contributed by atoms with E-state index in [0.717, 1.165) is 24.1 Å². The molecule has 2 aromatic heterocycles. The Balaban J connectivity index is 1.32. The predicted molar refractivity (Wildman–Crippen MR) is 92.6 cm³/mol. The van der Waals surface area contributed by atoms with Crippen molar-refractivity contribution in [2.24, 2.45) is 0 Å². The second-order valence-corrected chi connectivity index (χ2v) is 6.85. The first-order chi connectivity index (χ1) is 12.1. The minimum absolute atomic E-state index is 0.00123.